The molecule has 0 heterocycles. The van der Waals surface area contributed by atoms with Crippen LogP contribution in [0.3, 0.4) is 0 Å². The molecule has 1 aliphatic carbocycles. The lowest BCUT2D eigenvalue weighted by atomic mass is 9.77. The van der Waals surface area contributed by atoms with Gasteiger partial charge in [0.05, 0.1) is 0 Å². The summed E-state index contributed by atoms with van der Waals surface area (Å²) in [6.45, 7) is 5.47. The predicted octanol–water partition coefficient (Wildman–Crippen LogP) is 2.23. The van der Waals surface area contributed by atoms with E-state index in [0.717, 1.165) is 25.3 Å². The first kappa shape index (κ1) is 15.0. The number of rotatable bonds is 6. The Morgan fingerprint density at radius 2 is 2.00 bits per heavy atom. The van der Waals surface area contributed by atoms with Crippen molar-refractivity contribution in [1.29, 1.82) is 0 Å². The van der Waals surface area contributed by atoms with E-state index in [0.29, 0.717) is 17.7 Å². The highest BCUT2D eigenvalue weighted by molar-refractivity contribution is 7.90. The molecule has 1 saturated carbocycles. The zero-order valence-corrected chi connectivity index (χ0v) is 12.2. The van der Waals surface area contributed by atoms with Gasteiger partial charge in [-0.25, -0.2) is 8.42 Å². The summed E-state index contributed by atoms with van der Waals surface area (Å²) in [6.07, 6.45) is 7.01. The van der Waals surface area contributed by atoms with Gasteiger partial charge in [-0.05, 0) is 50.5 Å². The van der Waals surface area contributed by atoms with Gasteiger partial charge in [-0.2, -0.15) is 0 Å². The first-order valence-electron chi connectivity index (χ1n) is 6.83. The Hall–Kier alpha value is -0.0900. The van der Waals surface area contributed by atoms with Crippen molar-refractivity contribution < 1.29 is 8.42 Å². The van der Waals surface area contributed by atoms with Crippen molar-refractivity contribution in [1.82, 2.24) is 5.32 Å². The second kappa shape index (κ2) is 6.74. The fraction of sp³-hybridized carbons (Fsp3) is 1.00. The van der Waals surface area contributed by atoms with Crippen molar-refractivity contribution in [2.24, 2.45) is 11.8 Å². The minimum atomic E-state index is -2.79. The monoisotopic (exact) mass is 261 g/mol. The fourth-order valence-corrected chi connectivity index (χ4v) is 3.65. The molecule has 3 unspecified atom stereocenters. The molecule has 1 fully saturated rings. The molecule has 4 heteroatoms. The van der Waals surface area contributed by atoms with Crippen molar-refractivity contribution in [2.45, 2.75) is 52.0 Å². The van der Waals surface area contributed by atoms with Gasteiger partial charge in [0.15, 0.2) is 0 Å². The molecule has 0 aromatic heterocycles. The second-order valence-electron chi connectivity index (χ2n) is 5.61. The molecule has 3 atom stereocenters. The van der Waals surface area contributed by atoms with Crippen LogP contribution in [0.1, 0.15) is 46.0 Å². The fourth-order valence-electron chi connectivity index (χ4n) is 2.96. The third-order valence-electron chi connectivity index (χ3n) is 3.80. The second-order valence-corrected chi connectivity index (χ2v) is 7.87. The Labute approximate surface area is 106 Å². The van der Waals surface area contributed by atoms with Gasteiger partial charge in [0, 0.05) is 18.1 Å². The van der Waals surface area contributed by atoms with E-state index in [2.05, 4.69) is 19.2 Å². The number of sulfone groups is 1. The molecule has 1 rings (SSSR count). The van der Waals surface area contributed by atoms with Gasteiger partial charge in [-0.3, -0.25) is 0 Å². The van der Waals surface area contributed by atoms with Crippen LogP contribution in [0.25, 0.3) is 0 Å². The highest BCUT2D eigenvalue weighted by Gasteiger charge is 2.27. The molecular weight excluding hydrogens is 234 g/mol. The Morgan fingerprint density at radius 1 is 1.29 bits per heavy atom. The van der Waals surface area contributed by atoms with Gasteiger partial charge >= 0.3 is 0 Å². The van der Waals surface area contributed by atoms with Crippen molar-refractivity contribution in [3.8, 4) is 0 Å². The third-order valence-corrected chi connectivity index (χ3v) is 4.83. The van der Waals surface area contributed by atoms with Crippen molar-refractivity contribution in [3.05, 3.63) is 0 Å². The summed E-state index contributed by atoms with van der Waals surface area (Å²) in [5.74, 6) is 1.81. The van der Waals surface area contributed by atoms with Crippen LogP contribution in [-0.2, 0) is 9.84 Å². The Kier molecular flexibility index (Phi) is 5.93. The SMILES string of the molecule is CCNC1CCC(C)CC1CCCS(C)(=O)=O. The zero-order chi connectivity index (χ0) is 12.9. The summed E-state index contributed by atoms with van der Waals surface area (Å²) in [5, 5.41) is 3.55. The predicted molar refractivity (Wildman–Crippen MR) is 72.9 cm³/mol. The van der Waals surface area contributed by atoms with Gasteiger partial charge in [0.2, 0.25) is 0 Å². The number of hydrogen-bond donors (Lipinski definition) is 1. The van der Waals surface area contributed by atoms with Gasteiger partial charge in [-0.1, -0.05) is 13.8 Å². The Bertz CT molecular complexity index is 313. The molecule has 3 nitrogen and oxygen atoms in total. The largest absolute Gasteiger partial charge is 0.314 e. The van der Waals surface area contributed by atoms with Crippen LogP contribution in [0.15, 0.2) is 0 Å². The number of hydrogen-bond acceptors (Lipinski definition) is 3. The molecule has 1 aliphatic rings. The van der Waals surface area contributed by atoms with Crippen LogP contribution in [0.2, 0.25) is 0 Å². The van der Waals surface area contributed by atoms with E-state index in [1.807, 2.05) is 0 Å². The molecule has 102 valence electrons. The smallest absolute Gasteiger partial charge is 0.147 e. The molecule has 0 aliphatic heterocycles. The standard InChI is InChI=1S/C13H27NO2S/c1-4-14-13-8-7-11(2)10-12(13)6-5-9-17(3,15)16/h11-14H,4-10H2,1-3H3. The van der Waals surface area contributed by atoms with Crippen LogP contribution in [0.4, 0.5) is 0 Å². The first-order chi connectivity index (χ1) is 7.92. The lowest BCUT2D eigenvalue weighted by molar-refractivity contribution is 0.204. The van der Waals surface area contributed by atoms with E-state index < -0.39 is 9.84 Å². The maximum atomic E-state index is 11.1. The summed E-state index contributed by atoms with van der Waals surface area (Å²) in [7, 11) is -2.79. The summed E-state index contributed by atoms with van der Waals surface area (Å²) >= 11 is 0. The molecule has 0 saturated heterocycles. The van der Waals surface area contributed by atoms with E-state index in [1.165, 1.54) is 25.5 Å². The van der Waals surface area contributed by atoms with Crippen LogP contribution in [0, 0.1) is 11.8 Å². The molecule has 0 spiro atoms. The first-order valence-corrected chi connectivity index (χ1v) is 8.89. The maximum absolute atomic E-state index is 11.1. The normalized spacial score (nSPS) is 30.4. The molecule has 0 aromatic rings. The Morgan fingerprint density at radius 3 is 2.59 bits per heavy atom. The van der Waals surface area contributed by atoms with Crippen LogP contribution in [0.5, 0.6) is 0 Å². The summed E-state index contributed by atoms with van der Waals surface area (Å²) < 4.78 is 22.3. The average molecular weight is 261 g/mol. The van der Waals surface area contributed by atoms with Gasteiger partial charge < -0.3 is 5.32 Å². The molecule has 0 bridgehead atoms. The lowest BCUT2D eigenvalue weighted by Gasteiger charge is -2.35. The topological polar surface area (TPSA) is 46.2 Å². The van der Waals surface area contributed by atoms with Gasteiger partial charge in [-0.15, -0.1) is 0 Å². The Balaban J connectivity index is 2.40. The van der Waals surface area contributed by atoms with E-state index >= 15 is 0 Å². The van der Waals surface area contributed by atoms with Crippen molar-refractivity contribution >= 4 is 9.84 Å². The number of nitrogens with one attached hydrogen (secondary N) is 1. The molecular formula is C13H27NO2S. The highest BCUT2D eigenvalue weighted by atomic mass is 32.2. The maximum Gasteiger partial charge on any atom is 0.147 e. The summed E-state index contributed by atoms with van der Waals surface area (Å²) in [4.78, 5) is 0. The van der Waals surface area contributed by atoms with Crippen molar-refractivity contribution in [2.75, 3.05) is 18.6 Å². The van der Waals surface area contributed by atoms with E-state index in [4.69, 9.17) is 0 Å². The van der Waals surface area contributed by atoms with Crippen LogP contribution >= 0.6 is 0 Å². The quantitative estimate of drug-likeness (QED) is 0.797. The molecule has 17 heavy (non-hydrogen) atoms. The molecule has 0 radical (unpaired) electrons. The highest BCUT2D eigenvalue weighted by Crippen LogP contribution is 2.32. The summed E-state index contributed by atoms with van der Waals surface area (Å²) in [5.41, 5.74) is 0. The van der Waals surface area contributed by atoms with E-state index in [-0.39, 0.29) is 0 Å². The minimum Gasteiger partial charge on any atom is -0.314 e. The molecule has 0 aromatic carbocycles. The zero-order valence-electron chi connectivity index (χ0n) is 11.4. The minimum absolute atomic E-state index is 0.344. The van der Waals surface area contributed by atoms with Gasteiger partial charge in [0.1, 0.15) is 9.84 Å². The summed E-state index contributed by atoms with van der Waals surface area (Å²) in [6, 6.07) is 0.607. The lowest BCUT2D eigenvalue weighted by Crippen LogP contribution is -2.40. The van der Waals surface area contributed by atoms with Crippen LogP contribution in [-0.4, -0.2) is 33.0 Å². The van der Waals surface area contributed by atoms with Gasteiger partial charge in [0.25, 0.3) is 0 Å². The molecule has 1 N–H and O–H groups in total. The van der Waals surface area contributed by atoms with Crippen molar-refractivity contribution in [3.63, 3.8) is 0 Å². The van der Waals surface area contributed by atoms with Crippen LogP contribution < -0.4 is 5.32 Å². The molecule has 0 amide bonds. The van der Waals surface area contributed by atoms with E-state index in [1.54, 1.807) is 0 Å². The van der Waals surface area contributed by atoms with E-state index in [9.17, 15) is 8.42 Å². The average Bonchev–Trinajstić information content (AvgIpc) is 2.20. The third kappa shape index (κ3) is 5.87.